The first-order valence-corrected chi connectivity index (χ1v) is 7.64. The van der Waals surface area contributed by atoms with E-state index in [-0.39, 0.29) is 18.8 Å². The minimum absolute atomic E-state index is 0.0288. The molecule has 1 aromatic carbocycles. The third-order valence-corrected chi connectivity index (χ3v) is 3.95. The van der Waals surface area contributed by atoms with Crippen molar-refractivity contribution in [2.45, 2.75) is 6.92 Å². The summed E-state index contributed by atoms with van der Waals surface area (Å²) in [5.74, 6) is -0.121. The Morgan fingerprint density at radius 3 is 2.75 bits per heavy atom. The van der Waals surface area contributed by atoms with Crippen LogP contribution in [0.1, 0.15) is 5.82 Å². The van der Waals surface area contributed by atoms with Crippen LogP contribution in [0.2, 0.25) is 5.02 Å². The number of imidazole rings is 1. The van der Waals surface area contributed by atoms with Crippen LogP contribution < -0.4 is 5.32 Å². The molecule has 3 rings (SSSR count). The summed E-state index contributed by atoms with van der Waals surface area (Å²) >= 11 is 6.32. The number of carbonyl (C=O) groups excluding carboxylic acids is 2. The Morgan fingerprint density at radius 2 is 2.12 bits per heavy atom. The molecule has 7 nitrogen and oxygen atoms in total. The van der Waals surface area contributed by atoms with Crippen molar-refractivity contribution in [1.29, 1.82) is 0 Å². The van der Waals surface area contributed by atoms with E-state index in [9.17, 15) is 9.59 Å². The van der Waals surface area contributed by atoms with Crippen LogP contribution in [0, 0.1) is 6.92 Å². The molecule has 2 aromatic rings. The summed E-state index contributed by atoms with van der Waals surface area (Å²) in [4.78, 5) is 29.0. The van der Waals surface area contributed by atoms with Crippen molar-refractivity contribution < 1.29 is 14.7 Å². The molecule has 2 heterocycles. The molecule has 0 atom stereocenters. The highest BCUT2D eigenvalue weighted by Crippen LogP contribution is 2.26. The summed E-state index contributed by atoms with van der Waals surface area (Å²) in [6.45, 7) is 1.56. The summed E-state index contributed by atoms with van der Waals surface area (Å²) in [7, 11) is 0. The van der Waals surface area contributed by atoms with Gasteiger partial charge in [0.2, 0.25) is 0 Å². The number of imide groups is 1. The van der Waals surface area contributed by atoms with Crippen molar-refractivity contribution in [3.05, 3.63) is 53.2 Å². The molecule has 1 aromatic heterocycles. The minimum Gasteiger partial charge on any atom is -0.395 e. The molecule has 0 radical (unpaired) electrons. The number of nitrogens with zero attached hydrogens (tertiary/aromatic N) is 3. The van der Waals surface area contributed by atoms with E-state index in [4.69, 9.17) is 16.7 Å². The maximum Gasteiger partial charge on any atom is 0.277 e. The van der Waals surface area contributed by atoms with Crippen LogP contribution in [0.15, 0.2) is 42.4 Å². The Labute approximate surface area is 143 Å². The predicted octanol–water partition coefficient (Wildman–Crippen LogP) is 1.49. The third kappa shape index (κ3) is 2.91. The van der Waals surface area contributed by atoms with Crippen molar-refractivity contribution in [3.63, 3.8) is 0 Å². The molecule has 1 aliphatic heterocycles. The summed E-state index contributed by atoms with van der Waals surface area (Å²) in [6.07, 6.45) is 4.69. The minimum atomic E-state index is -0.472. The van der Waals surface area contributed by atoms with Crippen LogP contribution in [0.3, 0.4) is 0 Å². The summed E-state index contributed by atoms with van der Waals surface area (Å²) in [5.41, 5.74) is 1.50. The Kier molecular flexibility index (Phi) is 4.37. The second-order valence-corrected chi connectivity index (χ2v) is 5.62. The van der Waals surface area contributed by atoms with Gasteiger partial charge < -0.3 is 15.0 Å². The van der Waals surface area contributed by atoms with E-state index in [1.807, 2.05) is 11.5 Å². The second-order valence-electron chi connectivity index (χ2n) is 5.21. The molecule has 0 bridgehead atoms. The quantitative estimate of drug-likeness (QED) is 0.801. The molecule has 24 heavy (non-hydrogen) atoms. The number of aliphatic hydroxyl groups is 1. The summed E-state index contributed by atoms with van der Waals surface area (Å²) < 4.78 is 1.85. The van der Waals surface area contributed by atoms with Gasteiger partial charge in [-0.2, -0.15) is 0 Å². The fourth-order valence-corrected chi connectivity index (χ4v) is 2.75. The topological polar surface area (TPSA) is 87.5 Å². The highest BCUT2D eigenvalue weighted by atomic mass is 35.5. The molecule has 0 saturated heterocycles. The van der Waals surface area contributed by atoms with Crippen LogP contribution in [-0.2, 0) is 9.59 Å². The van der Waals surface area contributed by atoms with Gasteiger partial charge in [0.25, 0.3) is 11.8 Å². The van der Waals surface area contributed by atoms with E-state index in [0.717, 1.165) is 16.4 Å². The molecule has 0 aliphatic carbocycles. The summed E-state index contributed by atoms with van der Waals surface area (Å²) in [6, 6.07) is 5.23. The van der Waals surface area contributed by atoms with Gasteiger partial charge in [0.1, 0.15) is 11.5 Å². The molecule has 8 heteroatoms. The molecular weight excluding hydrogens is 332 g/mol. The normalized spacial score (nSPS) is 14.3. The largest absolute Gasteiger partial charge is 0.395 e. The molecule has 0 saturated carbocycles. The van der Waals surface area contributed by atoms with Gasteiger partial charge in [-0.05, 0) is 25.1 Å². The van der Waals surface area contributed by atoms with Gasteiger partial charge in [0.05, 0.1) is 23.9 Å². The van der Waals surface area contributed by atoms with Gasteiger partial charge in [0.15, 0.2) is 0 Å². The molecule has 0 unspecified atom stereocenters. The zero-order valence-electron chi connectivity index (χ0n) is 12.9. The SMILES string of the molecule is Cc1nccn1-c1ccc(NC2=CC(=O)N(CCO)C2=O)cc1Cl. The van der Waals surface area contributed by atoms with E-state index in [1.54, 1.807) is 30.6 Å². The first-order valence-electron chi connectivity index (χ1n) is 7.26. The number of aliphatic hydroxyl groups excluding tert-OH is 1. The standard InChI is InChI=1S/C16H15ClN4O3/c1-10-18-4-5-20(10)14-3-2-11(8-12(14)17)19-13-9-15(23)21(6-7-22)16(13)24/h2-5,8-9,19,22H,6-7H2,1H3. The maximum absolute atomic E-state index is 12.1. The molecule has 1 aliphatic rings. The highest BCUT2D eigenvalue weighted by molar-refractivity contribution is 6.32. The lowest BCUT2D eigenvalue weighted by Crippen LogP contribution is -2.34. The number of halogens is 1. The number of benzene rings is 1. The van der Waals surface area contributed by atoms with Crippen LogP contribution in [0.25, 0.3) is 5.69 Å². The Morgan fingerprint density at radius 1 is 1.33 bits per heavy atom. The lowest BCUT2D eigenvalue weighted by Gasteiger charge is -2.14. The van der Waals surface area contributed by atoms with E-state index >= 15 is 0 Å². The highest BCUT2D eigenvalue weighted by Gasteiger charge is 2.30. The molecule has 0 spiro atoms. The van der Waals surface area contributed by atoms with Gasteiger partial charge in [-0.25, -0.2) is 4.98 Å². The average molecular weight is 347 g/mol. The number of carbonyl (C=O) groups is 2. The molecule has 2 amide bonds. The van der Waals surface area contributed by atoms with Crippen molar-refractivity contribution in [2.24, 2.45) is 0 Å². The van der Waals surface area contributed by atoms with Gasteiger partial charge in [-0.15, -0.1) is 0 Å². The number of aryl methyl sites for hydroxylation is 1. The van der Waals surface area contributed by atoms with Crippen LogP contribution in [-0.4, -0.2) is 44.5 Å². The van der Waals surface area contributed by atoms with E-state index in [2.05, 4.69) is 10.3 Å². The van der Waals surface area contributed by atoms with Crippen molar-refractivity contribution in [1.82, 2.24) is 14.5 Å². The number of aromatic nitrogens is 2. The van der Waals surface area contributed by atoms with Crippen molar-refractivity contribution >= 4 is 29.1 Å². The molecule has 0 fully saturated rings. The molecular formula is C16H15ClN4O3. The number of hydrogen-bond acceptors (Lipinski definition) is 5. The van der Waals surface area contributed by atoms with Crippen LogP contribution >= 0.6 is 11.6 Å². The first kappa shape index (κ1) is 16.2. The number of rotatable bonds is 5. The smallest absolute Gasteiger partial charge is 0.277 e. The van der Waals surface area contributed by atoms with E-state index in [1.165, 1.54) is 6.08 Å². The molecule has 124 valence electrons. The fourth-order valence-electron chi connectivity index (χ4n) is 2.48. The van der Waals surface area contributed by atoms with E-state index in [0.29, 0.717) is 10.7 Å². The Bertz CT molecular complexity index is 844. The maximum atomic E-state index is 12.1. The van der Waals surface area contributed by atoms with Gasteiger partial charge in [0, 0.05) is 24.2 Å². The third-order valence-electron chi connectivity index (χ3n) is 3.64. The first-order chi connectivity index (χ1) is 11.5. The monoisotopic (exact) mass is 346 g/mol. The fraction of sp³-hybridized carbons (Fsp3) is 0.188. The average Bonchev–Trinajstić information content (AvgIpc) is 3.07. The number of hydrogen-bond donors (Lipinski definition) is 2. The number of amides is 2. The second kappa shape index (κ2) is 6.46. The van der Waals surface area contributed by atoms with Crippen molar-refractivity contribution in [3.8, 4) is 5.69 Å². The van der Waals surface area contributed by atoms with Crippen LogP contribution in [0.4, 0.5) is 5.69 Å². The summed E-state index contributed by atoms with van der Waals surface area (Å²) in [5, 5.41) is 12.3. The lowest BCUT2D eigenvalue weighted by molar-refractivity contribution is -0.137. The predicted molar refractivity (Wildman–Crippen MR) is 88.8 cm³/mol. The Balaban J connectivity index is 1.81. The zero-order valence-corrected chi connectivity index (χ0v) is 13.6. The van der Waals surface area contributed by atoms with E-state index < -0.39 is 11.8 Å². The lowest BCUT2D eigenvalue weighted by atomic mass is 10.2. The van der Waals surface area contributed by atoms with Crippen molar-refractivity contribution in [2.75, 3.05) is 18.5 Å². The van der Waals surface area contributed by atoms with Gasteiger partial charge in [-0.3, -0.25) is 14.5 Å². The number of anilines is 1. The Hall–Kier alpha value is -2.64. The van der Waals surface area contributed by atoms with Crippen LogP contribution in [0.5, 0.6) is 0 Å². The number of nitrogens with one attached hydrogen (secondary N) is 1. The van der Waals surface area contributed by atoms with Gasteiger partial charge >= 0.3 is 0 Å². The number of β-amino-alcohol motifs (C(OH)–C–C–N with tert-alkyl or cyclic N) is 1. The molecule has 2 N–H and O–H groups in total. The zero-order chi connectivity index (χ0) is 17.3. The van der Waals surface area contributed by atoms with Gasteiger partial charge in [-0.1, -0.05) is 11.6 Å².